The summed E-state index contributed by atoms with van der Waals surface area (Å²) in [6.07, 6.45) is 4.63. The lowest BCUT2D eigenvalue weighted by Gasteiger charge is -2.07. The Balaban J connectivity index is 1.73. The number of H-pyrrole nitrogens is 1. The van der Waals surface area contributed by atoms with Crippen molar-refractivity contribution < 1.29 is 9.84 Å². The first-order valence-corrected chi connectivity index (χ1v) is 9.68. The predicted molar refractivity (Wildman–Crippen MR) is 116 cm³/mol. The van der Waals surface area contributed by atoms with Crippen LogP contribution in [0.15, 0.2) is 47.5 Å². The Hall–Kier alpha value is -3.12. The fourth-order valence-electron chi connectivity index (χ4n) is 3.38. The molecule has 0 aliphatic carbocycles. The topological polar surface area (TPSA) is 62.5 Å². The molecule has 0 atom stereocenters. The van der Waals surface area contributed by atoms with E-state index in [2.05, 4.69) is 23.0 Å². The number of aromatic hydroxyl groups is 1. The quantitative estimate of drug-likeness (QED) is 0.568. The number of ether oxygens (including phenoxy) is 1. The van der Waals surface area contributed by atoms with Crippen molar-refractivity contribution in [1.29, 1.82) is 0 Å². The summed E-state index contributed by atoms with van der Waals surface area (Å²) in [5.74, 6) is 0.843. The van der Waals surface area contributed by atoms with Gasteiger partial charge in [0, 0.05) is 17.4 Å². The van der Waals surface area contributed by atoms with E-state index in [0.29, 0.717) is 17.1 Å². The van der Waals surface area contributed by atoms with Gasteiger partial charge in [0.05, 0.1) is 18.0 Å². The lowest BCUT2D eigenvalue weighted by atomic mass is 10.0. The lowest BCUT2D eigenvalue weighted by molar-refractivity contribution is 0.340. The minimum Gasteiger partial charge on any atom is -0.494 e. The van der Waals surface area contributed by atoms with E-state index in [1.807, 2.05) is 55.6 Å². The van der Waals surface area contributed by atoms with Gasteiger partial charge in [-0.15, -0.1) is 0 Å². The van der Waals surface area contributed by atoms with E-state index in [0.717, 1.165) is 34.7 Å². The van der Waals surface area contributed by atoms with Crippen molar-refractivity contribution in [3.63, 3.8) is 0 Å². The molecule has 1 aliphatic rings. The second-order valence-electron chi connectivity index (χ2n) is 6.45. The average Bonchev–Trinajstić information content (AvgIpc) is 3.24. The molecule has 0 saturated heterocycles. The minimum absolute atomic E-state index is 0.0650. The molecule has 0 spiro atoms. The van der Waals surface area contributed by atoms with Gasteiger partial charge in [0.25, 0.3) is 0 Å². The third-order valence-corrected chi connectivity index (χ3v) is 5.03. The number of allylic oxidation sites excluding steroid dienone is 1. The second kappa shape index (κ2) is 7.48. The van der Waals surface area contributed by atoms with Gasteiger partial charge in [-0.1, -0.05) is 25.1 Å². The molecule has 4 rings (SSSR count). The summed E-state index contributed by atoms with van der Waals surface area (Å²) in [6, 6.07) is 13.6. The smallest absolute Gasteiger partial charge is 0.222 e. The first-order valence-electron chi connectivity index (χ1n) is 9.27. The van der Waals surface area contributed by atoms with Crippen LogP contribution < -0.4 is 4.74 Å². The number of hydrogen-bond donors (Lipinski definition) is 2. The SMILES string of the molecule is CCOc1ccc(-n2c(O)c(C=C3C=Nc4c(CC)cccc43)[nH]c2=S)cc1. The maximum Gasteiger partial charge on any atom is 0.222 e. The third kappa shape index (κ3) is 3.16. The number of rotatable bonds is 5. The molecule has 0 amide bonds. The van der Waals surface area contributed by atoms with E-state index in [9.17, 15) is 5.11 Å². The number of fused-ring (bicyclic) bond motifs is 1. The number of aliphatic imine (C=N–C) groups is 1. The first kappa shape index (κ1) is 18.3. The molecule has 2 aromatic carbocycles. The van der Waals surface area contributed by atoms with E-state index >= 15 is 0 Å². The van der Waals surface area contributed by atoms with E-state index in [1.165, 1.54) is 5.56 Å². The van der Waals surface area contributed by atoms with Crippen molar-refractivity contribution >= 4 is 35.8 Å². The normalized spacial score (nSPS) is 13.9. The summed E-state index contributed by atoms with van der Waals surface area (Å²) in [4.78, 5) is 7.65. The highest BCUT2D eigenvalue weighted by atomic mass is 32.1. The number of aryl methyl sites for hydroxylation is 1. The van der Waals surface area contributed by atoms with Crippen LogP contribution in [0.3, 0.4) is 0 Å². The summed E-state index contributed by atoms with van der Waals surface area (Å²) < 4.78 is 7.50. The van der Waals surface area contributed by atoms with Crippen LogP contribution in [-0.4, -0.2) is 27.5 Å². The van der Waals surface area contributed by atoms with Crippen LogP contribution >= 0.6 is 12.2 Å². The highest BCUT2D eigenvalue weighted by Gasteiger charge is 2.17. The van der Waals surface area contributed by atoms with E-state index in [1.54, 1.807) is 4.57 Å². The summed E-state index contributed by atoms with van der Waals surface area (Å²) in [7, 11) is 0. The summed E-state index contributed by atoms with van der Waals surface area (Å²) in [6.45, 7) is 4.66. The van der Waals surface area contributed by atoms with Gasteiger partial charge in [-0.3, -0.25) is 9.56 Å². The number of hydrogen-bond acceptors (Lipinski definition) is 4. The molecule has 6 heteroatoms. The monoisotopic (exact) mass is 391 g/mol. The van der Waals surface area contributed by atoms with Gasteiger partial charge in [-0.2, -0.15) is 0 Å². The number of para-hydroxylation sites is 1. The number of aromatic amines is 1. The summed E-state index contributed by atoms with van der Waals surface area (Å²) >= 11 is 5.44. The zero-order valence-corrected chi connectivity index (χ0v) is 16.6. The molecule has 28 heavy (non-hydrogen) atoms. The molecule has 1 aromatic heterocycles. The van der Waals surface area contributed by atoms with Crippen LogP contribution in [-0.2, 0) is 6.42 Å². The van der Waals surface area contributed by atoms with Gasteiger partial charge < -0.3 is 14.8 Å². The number of benzene rings is 2. The number of nitrogens with one attached hydrogen (secondary N) is 1. The molecule has 0 unspecified atom stereocenters. The van der Waals surface area contributed by atoms with Gasteiger partial charge >= 0.3 is 0 Å². The maximum atomic E-state index is 10.8. The third-order valence-electron chi connectivity index (χ3n) is 4.75. The summed E-state index contributed by atoms with van der Waals surface area (Å²) in [5.41, 5.74) is 5.53. The summed E-state index contributed by atoms with van der Waals surface area (Å²) in [5, 5.41) is 10.8. The Bertz CT molecular complexity index is 1140. The largest absolute Gasteiger partial charge is 0.494 e. The van der Waals surface area contributed by atoms with E-state index in [-0.39, 0.29) is 5.88 Å². The number of aromatic nitrogens is 2. The van der Waals surface area contributed by atoms with E-state index in [4.69, 9.17) is 17.0 Å². The Labute approximate surface area is 168 Å². The molecule has 5 nitrogen and oxygen atoms in total. The highest BCUT2D eigenvalue weighted by molar-refractivity contribution is 7.71. The Morgan fingerprint density at radius 1 is 1.18 bits per heavy atom. The van der Waals surface area contributed by atoms with Crippen molar-refractivity contribution in [2.24, 2.45) is 4.99 Å². The molecular formula is C22H21N3O2S. The predicted octanol–water partition coefficient (Wildman–Crippen LogP) is 5.46. The molecule has 0 fully saturated rings. The van der Waals surface area contributed by atoms with Crippen molar-refractivity contribution in [2.45, 2.75) is 20.3 Å². The average molecular weight is 391 g/mol. The number of imidazole rings is 1. The molecule has 0 saturated carbocycles. The maximum absolute atomic E-state index is 10.8. The Morgan fingerprint density at radius 3 is 2.68 bits per heavy atom. The van der Waals surface area contributed by atoms with Gasteiger partial charge in [0.15, 0.2) is 4.77 Å². The Kier molecular flexibility index (Phi) is 4.88. The van der Waals surface area contributed by atoms with Gasteiger partial charge in [0.1, 0.15) is 11.4 Å². The number of nitrogens with zero attached hydrogens (tertiary/aromatic N) is 2. The molecule has 3 aromatic rings. The highest BCUT2D eigenvalue weighted by Crippen LogP contribution is 2.37. The second-order valence-corrected chi connectivity index (χ2v) is 6.84. The van der Waals surface area contributed by atoms with Crippen LogP contribution in [0.1, 0.15) is 30.7 Å². The minimum atomic E-state index is 0.0650. The Morgan fingerprint density at radius 2 is 1.96 bits per heavy atom. The van der Waals surface area contributed by atoms with Crippen LogP contribution in [0, 0.1) is 4.77 Å². The fraction of sp³-hybridized carbons (Fsp3) is 0.182. The van der Waals surface area contributed by atoms with Crippen molar-refractivity contribution in [2.75, 3.05) is 6.61 Å². The molecule has 2 heterocycles. The van der Waals surface area contributed by atoms with Gasteiger partial charge in [-0.25, -0.2) is 0 Å². The fourth-order valence-corrected chi connectivity index (χ4v) is 3.68. The standard InChI is InChI=1S/C22H21N3O2S/c1-3-14-6-5-7-18-15(13-23-20(14)18)12-19-21(26)25(22(28)24-19)16-8-10-17(11-9-16)27-4-2/h5-13,26H,3-4H2,1-2H3,(H,24,28). The van der Waals surface area contributed by atoms with Gasteiger partial charge in [-0.05, 0) is 61.5 Å². The first-order chi connectivity index (χ1) is 13.6. The van der Waals surface area contributed by atoms with Crippen molar-refractivity contribution in [1.82, 2.24) is 9.55 Å². The van der Waals surface area contributed by atoms with E-state index < -0.39 is 0 Å². The molecule has 0 radical (unpaired) electrons. The van der Waals surface area contributed by atoms with Gasteiger partial charge in [0.2, 0.25) is 5.88 Å². The van der Waals surface area contributed by atoms with Crippen molar-refractivity contribution in [3.8, 4) is 17.3 Å². The van der Waals surface area contributed by atoms with Crippen LogP contribution in [0.5, 0.6) is 11.6 Å². The zero-order chi connectivity index (χ0) is 19.7. The van der Waals surface area contributed by atoms with Crippen molar-refractivity contribution in [3.05, 3.63) is 64.1 Å². The lowest BCUT2D eigenvalue weighted by Crippen LogP contribution is -1.95. The molecule has 142 valence electrons. The van der Waals surface area contributed by atoms with Crippen LogP contribution in [0.4, 0.5) is 5.69 Å². The molecule has 0 bridgehead atoms. The molecular weight excluding hydrogens is 370 g/mol. The molecule has 1 aliphatic heterocycles. The van der Waals surface area contributed by atoms with Crippen LogP contribution in [0.25, 0.3) is 17.3 Å². The van der Waals surface area contributed by atoms with Crippen LogP contribution in [0.2, 0.25) is 0 Å². The molecule has 2 N–H and O–H groups in total. The zero-order valence-electron chi connectivity index (χ0n) is 15.8.